The lowest BCUT2D eigenvalue weighted by Gasteiger charge is -2.31. The number of carbonyl (C=O) groups excluding carboxylic acids is 1. The SMILES string of the molecule is CCCCCCCCCCCCCC[N+](C)(C)CC(=C=O)OC1CCCCC1. The molecule has 1 saturated carbocycles. The van der Waals surface area contributed by atoms with Crippen molar-refractivity contribution in [1.29, 1.82) is 0 Å². The van der Waals surface area contributed by atoms with Gasteiger partial charge in [0.2, 0.25) is 5.76 Å². The average Bonchev–Trinajstić information content (AvgIpc) is 2.69. The van der Waals surface area contributed by atoms with E-state index in [1.165, 1.54) is 96.3 Å². The Morgan fingerprint density at radius 1 is 0.821 bits per heavy atom. The maximum atomic E-state index is 11.3. The quantitative estimate of drug-likeness (QED) is 0.117. The molecule has 0 aliphatic heterocycles. The maximum Gasteiger partial charge on any atom is 0.235 e. The molecule has 0 N–H and O–H groups in total. The standard InChI is InChI=1S/C25H48NO2/c1-4-5-6-7-8-9-10-11-12-13-14-18-21-26(2,3)22-25(23-27)28-24-19-16-15-17-20-24/h24H,4-22H2,1-3H3/q+1. The van der Waals surface area contributed by atoms with Gasteiger partial charge in [-0.3, -0.25) is 0 Å². The number of unbranched alkanes of at least 4 members (excludes halogenated alkanes) is 11. The highest BCUT2D eigenvalue weighted by Crippen LogP contribution is 2.22. The maximum absolute atomic E-state index is 11.3. The predicted molar refractivity (Wildman–Crippen MR) is 120 cm³/mol. The van der Waals surface area contributed by atoms with E-state index in [-0.39, 0.29) is 6.10 Å². The van der Waals surface area contributed by atoms with Crippen LogP contribution in [-0.2, 0) is 9.53 Å². The highest BCUT2D eigenvalue weighted by atomic mass is 16.5. The normalized spacial score (nSPS) is 15.4. The summed E-state index contributed by atoms with van der Waals surface area (Å²) in [6.07, 6.45) is 22.8. The van der Waals surface area contributed by atoms with Crippen molar-refractivity contribution in [2.75, 3.05) is 27.2 Å². The zero-order valence-electron chi connectivity index (χ0n) is 19.3. The number of ether oxygens (including phenoxy) is 1. The Bertz CT molecular complexity index is 420. The van der Waals surface area contributed by atoms with Crippen LogP contribution in [0.1, 0.15) is 116 Å². The lowest BCUT2D eigenvalue weighted by Crippen LogP contribution is -2.43. The van der Waals surface area contributed by atoms with E-state index in [9.17, 15) is 4.79 Å². The highest BCUT2D eigenvalue weighted by molar-refractivity contribution is 5.49. The van der Waals surface area contributed by atoms with Crippen LogP contribution in [0.4, 0.5) is 0 Å². The first kappa shape index (κ1) is 25.2. The first-order chi connectivity index (χ1) is 13.6. The van der Waals surface area contributed by atoms with Gasteiger partial charge in [-0.1, -0.05) is 77.6 Å². The molecule has 3 heteroatoms. The van der Waals surface area contributed by atoms with Gasteiger partial charge in [-0.25, -0.2) is 4.79 Å². The molecule has 1 aliphatic carbocycles. The van der Waals surface area contributed by atoms with Gasteiger partial charge in [0.25, 0.3) is 0 Å². The molecule has 0 spiro atoms. The molecule has 3 nitrogen and oxygen atoms in total. The van der Waals surface area contributed by atoms with Crippen molar-refractivity contribution < 1.29 is 14.0 Å². The Morgan fingerprint density at radius 3 is 1.82 bits per heavy atom. The van der Waals surface area contributed by atoms with E-state index in [0.29, 0.717) is 12.3 Å². The summed E-state index contributed by atoms with van der Waals surface area (Å²) >= 11 is 0. The Hall–Kier alpha value is -0.790. The number of likely N-dealkylation sites (N-methyl/N-ethyl adjacent to an activating group) is 1. The fourth-order valence-electron chi connectivity index (χ4n) is 4.33. The van der Waals surface area contributed by atoms with E-state index < -0.39 is 0 Å². The molecule has 0 unspecified atom stereocenters. The Kier molecular flexibility index (Phi) is 14.5. The third kappa shape index (κ3) is 13.4. The fourth-order valence-corrected chi connectivity index (χ4v) is 4.33. The van der Waals surface area contributed by atoms with Crippen LogP contribution in [0.15, 0.2) is 5.76 Å². The van der Waals surface area contributed by atoms with E-state index in [1.54, 1.807) is 0 Å². The number of hydrogen-bond donors (Lipinski definition) is 0. The van der Waals surface area contributed by atoms with Gasteiger partial charge >= 0.3 is 0 Å². The second-order valence-corrected chi connectivity index (χ2v) is 9.61. The summed E-state index contributed by atoms with van der Waals surface area (Å²) in [6, 6.07) is 0. The van der Waals surface area contributed by atoms with E-state index in [4.69, 9.17) is 4.74 Å². The zero-order valence-corrected chi connectivity index (χ0v) is 19.3. The minimum absolute atomic E-state index is 0.247. The first-order valence-corrected chi connectivity index (χ1v) is 12.3. The smallest absolute Gasteiger partial charge is 0.235 e. The number of rotatable bonds is 17. The Morgan fingerprint density at radius 2 is 1.32 bits per heavy atom. The highest BCUT2D eigenvalue weighted by Gasteiger charge is 2.22. The molecule has 0 atom stereocenters. The van der Waals surface area contributed by atoms with Gasteiger partial charge in [0.1, 0.15) is 6.54 Å². The predicted octanol–water partition coefficient (Wildman–Crippen LogP) is 6.83. The molecule has 28 heavy (non-hydrogen) atoms. The Labute approximate surface area is 175 Å². The largest absolute Gasteiger partial charge is 0.479 e. The molecule has 0 aromatic heterocycles. The van der Waals surface area contributed by atoms with Gasteiger partial charge in [0, 0.05) is 0 Å². The minimum Gasteiger partial charge on any atom is -0.479 e. The van der Waals surface area contributed by atoms with Crippen LogP contribution in [0.3, 0.4) is 0 Å². The molecule has 0 aromatic carbocycles. The van der Waals surface area contributed by atoms with Gasteiger partial charge in [-0.05, 0) is 38.5 Å². The van der Waals surface area contributed by atoms with Crippen LogP contribution in [0.5, 0.6) is 0 Å². The monoisotopic (exact) mass is 394 g/mol. The van der Waals surface area contributed by atoms with Crippen LogP contribution < -0.4 is 0 Å². The molecule has 1 fully saturated rings. The topological polar surface area (TPSA) is 26.3 Å². The van der Waals surface area contributed by atoms with Crippen LogP contribution in [0.25, 0.3) is 0 Å². The fraction of sp³-hybridized carbons (Fsp3) is 0.920. The molecule has 0 aromatic rings. The third-order valence-corrected chi connectivity index (χ3v) is 6.16. The van der Waals surface area contributed by atoms with Crippen molar-refractivity contribution in [2.24, 2.45) is 0 Å². The van der Waals surface area contributed by atoms with Gasteiger partial charge in [-0.2, -0.15) is 0 Å². The van der Waals surface area contributed by atoms with E-state index >= 15 is 0 Å². The van der Waals surface area contributed by atoms with Crippen molar-refractivity contribution in [3.8, 4) is 0 Å². The summed E-state index contributed by atoms with van der Waals surface area (Å²) in [5.41, 5.74) is 0. The molecule has 164 valence electrons. The minimum atomic E-state index is 0.247. The summed E-state index contributed by atoms with van der Waals surface area (Å²) in [5.74, 6) is 2.62. The Balaban J connectivity index is 2.02. The van der Waals surface area contributed by atoms with Gasteiger partial charge in [0.05, 0.1) is 26.7 Å². The summed E-state index contributed by atoms with van der Waals surface area (Å²) in [6.45, 7) is 4.07. The number of hydrogen-bond acceptors (Lipinski definition) is 2. The number of quaternary nitrogens is 1. The molecule has 0 amide bonds. The van der Waals surface area contributed by atoms with E-state index in [0.717, 1.165) is 23.9 Å². The number of nitrogens with zero attached hydrogens (tertiary/aromatic N) is 1. The van der Waals surface area contributed by atoms with Crippen molar-refractivity contribution in [3.63, 3.8) is 0 Å². The zero-order chi connectivity index (χ0) is 20.5. The first-order valence-electron chi connectivity index (χ1n) is 12.3. The van der Waals surface area contributed by atoms with Gasteiger partial charge in [-0.15, -0.1) is 0 Å². The molecule has 1 aliphatic rings. The van der Waals surface area contributed by atoms with Crippen LogP contribution in [0.2, 0.25) is 0 Å². The molecule has 0 bridgehead atoms. The van der Waals surface area contributed by atoms with E-state index in [1.807, 2.05) is 0 Å². The molecule has 1 rings (SSSR count). The summed E-state index contributed by atoms with van der Waals surface area (Å²) < 4.78 is 6.80. The van der Waals surface area contributed by atoms with Crippen LogP contribution in [-0.4, -0.2) is 43.7 Å². The molecule has 0 radical (unpaired) electrons. The molecular formula is C25H48NO2+. The van der Waals surface area contributed by atoms with Gasteiger partial charge in [0.15, 0.2) is 5.94 Å². The van der Waals surface area contributed by atoms with Crippen molar-refractivity contribution in [1.82, 2.24) is 0 Å². The lowest BCUT2D eigenvalue weighted by atomic mass is 9.98. The second kappa shape index (κ2) is 16.1. The summed E-state index contributed by atoms with van der Waals surface area (Å²) in [4.78, 5) is 11.3. The van der Waals surface area contributed by atoms with Crippen LogP contribution >= 0.6 is 0 Å². The second-order valence-electron chi connectivity index (χ2n) is 9.61. The van der Waals surface area contributed by atoms with Crippen LogP contribution in [0, 0.1) is 0 Å². The van der Waals surface area contributed by atoms with E-state index in [2.05, 4.69) is 27.0 Å². The molecule has 0 heterocycles. The summed E-state index contributed by atoms with van der Waals surface area (Å²) in [7, 11) is 4.42. The summed E-state index contributed by atoms with van der Waals surface area (Å²) in [5, 5.41) is 0. The lowest BCUT2D eigenvalue weighted by molar-refractivity contribution is -0.887. The van der Waals surface area contributed by atoms with Crippen molar-refractivity contribution in [2.45, 2.75) is 122 Å². The van der Waals surface area contributed by atoms with Crippen molar-refractivity contribution in [3.05, 3.63) is 5.76 Å². The molecular weight excluding hydrogens is 346 g/mol. The van der Waals surface area contributed by atoms with Gasteiger partial charge < -0.3 is 9.22 Å². The molecule has 0 saturated heterocycles. The third-order valence-electron chi connectivity index (χ3n) is 6.16. The average molecular weight is 395 g/mol. The van der Waals surface area contributed by atoms with Crippen molar-refractivity contribution >= 4 is 5.94 Å².